The maximum absolute atomic E-state index is 13.0. The van der Waals surface area contributed by atoms with E-state index in [1.807, 2.05) is 21.1 Å². The Balaban J connectivity index is 4.11. The van der Waals surface area contributed by atoms with Crippen LogP contribution in [0.3, 0.4) is 0 Å². The van der Waals surface area contributed by atoms with Gasteiger partial charge in [0, 0.05) is 12.8 Å². The van der Waals surface area contributed by atoms with Crippen LogP contribution in [-0.4, -0.2) is 87.4 Å². The van der Waals surface area contributed by atoms with Gasteiger partial charge in [0.05, 0.1) is 34.4 Å². The second-order valence-electron chi connectivity index (χ2n) is 26.9. The first-order valence-electron chi connectivity index (χ1n) is 39.3. The molecule has 550 valence electrons. The molecular formula is C88H146NO8+. The fourth-order valence-corrected chi connectivity index (χ4v) is 10.6. The Kier molecular flexibility index (Phi) is 72.2. The second-order valence-corrected chi connectivity index (χ2v) is 26.9. The molecule has 0 aliphatic carbocycles. The molecule has 2 unspecified atom stereocenters. The summed E-state index contributed by atoms with van der Waals surface area (Å²) in [5.41, 5.74) is 0. The Hall–Kier alpha value is -5.35. The molecule has 9 heteroatoms. The molecule has 0 saturated carbocycles. The number of carboxylic acid groups (broad SMARTS) is 1. The average molecular weight is 1350 g/mol. The predicted octanol–water partition coefficient (Wildman–Crippen LogP) is 25.4. The van der Waals surface area contributed by atoms with Crippen molar-refractivity contribution < 1.29 is 42.9 Å². The number of carbonyl (C=O) groups excluding carboxylic acids is 2. The molecule has 0 saturated heterocycles. The van der Waals surface area contributed by atoms with Crippen molar-refractivity contribution >= 4 is 17.9 Å². The van der Waals surface area contributed by atoms with Gasteiger partial charge < -0.3 is 28.5 Å². The van der Waals surface area contributed by atoms with Gasteiger partial charge in [-0.2, -0.15) is 0 Å². The van der Waals surface area contributed by atoms with Crippen LogP contribution in [-0.2, 0) is 33.3 Å². The van der Waals surface area contributed by atoms with Crippen LogP contribution in [0.5, 0.6) is 0 Å². The fourth-order valence-electron chi connectivity index (χ4n) is 10.6. The average Bonchev–Trinajstić information content (AvgIpc) is 2.59. The van der Waals surface area contributed by atoms with Crippen molar-refractivity contribution in [3.8, 4) is 0 Å². The van der Waals surface area contributed by atoms with E-state index in [-0.39, 0.29) is 38.6 Å². The van der Waals surface area contributed by atoms with Crippen LogP contribution in [0.4, 0.5) is 0 Å². The molecule has 0 aromatic carbocycles. The Morgan fingerprint density at radius 1 is 0.309 bits per heavy atom. The molecule has 0 heterocycles. The van der Waals surface area contributed by atoms with E-state index < -0.39 is 24.3 Å². The molecular weight excluding hydrogens is 1200 g/mol. The van der Waals surface area contributed by atoms with Crippen molar-refractivity contribution in [2.45, 2.75) is 322 Å². The van der Waals surface area contributed by atoms with Crippen molar-refractivity contribution in [2.75, 3.05) is 47.5 Å². The largest absolute Gasteiger partial charge is 0.477 e. The lowest BCUT2D eigenvalue weighted by Crippen LogP contribution is -2.40. The van der Waals surface area contributed by atoms with Gasteiger partial charge in [0.25, 0.3) is 6.29 Å². The number of hydrogen-bond acceptors (Lipinski definition) is 7. The van der Waals surface area contributed by atoms with Gasteiger partial charge in [-0.1, -0.05) is 338 Å². The van der Waals surface area contributed by atoms with Crippen LogP contribution in [0.2, 0.25) is 0 Å². The van der Waals surface area contributed by atoms with Crippen LogP contribution in [0.15, 0.2) is 170 Å². The van der Waals surface area contributed by atoms with E-state index >= 15 is 0 Å². The third kappa shape index (κ3) is 77.9. The monoisotopic (exact) mass is 1350 g/mol. The molecule has 2 atom stereocenters. The molecule has 1 N–H and O–H groups in total. The highest BCUT2D eigenvalue weighted by atomic mass is 16.7. The standard InChI is InChI=1S/C88H145NO8/c1-6-8-10-12-14-16-18-20-22-24-26-28-30-32-34-36-38-40-41-42-43-44-45-47-48-50-52-54-56-58-60-62-64-66-68-70-72-74-76-78-85(90)95-82-84(83-96-88(87(92)93)94-81-80-89(3,4)5)97-86(91)79-77-75-73-71-69-67-65-63-61-59-57-55-53-51-49-46-39-37-35-33-31-29-27-25-23-21-19-17-15-13-11-9-7-2/h8-11,14-17,20-23,26-29,33,35,39,46,51,53,57,59,63,65,69,71,84,88H,6-7,12-13,18-19,24-25,30-32,34,36-38,40-45,47-50,52,54-56,58,60-62,64,66-68,70,72-83H2,1-5H3/p+1/b10-8-,11-9-,16-14-,17-15-,22-20-,23-21-,28-26-,29-27-,35-33-,46-39-,53-51-,59-57-,65-63-,71-69-. The van der Waals surface area contributed by atoms with E-state index in [1.165, 1.54) is 154 Å². The molecule has 97 heavy (non-hydrogen) atoms. The summed E-state index contributed by atoms with van der Waals surface area (Å²) in [7, 11) is 5.96. The van der Waals surface area contributed by atoms with Crippen LogP contribution in [0.1, 0.15) is 309 Å². The Morgan fingerprint density at radius 3 is 0.845 bits per heavy atom. The number of carboxylic acids is 1. The summed E-state index contributed by atoms with van der Waals surface area (Å²) in [6.07, 6.45) is 112. The van der Waals surface area contributed by atoms with Crippen LogP contribution in [0, 0.1) is 0 Å². The first kappa shape index (κ1) is 91.6. The van der Waals surface area contributed by atoms with E-state index in [1.54, 1.807) is 0 Å². The van der Waals surface area contributed by atoms with Gasteiger partial charge in [-0.25, -0.2) is 4.79 Å². The van der Waals surface area contributed by atoms with E-state index in [0.29, 0.717) is 17.4 Å². The predicted molar refractivity (Wildman–Crippen MR) is 419 cm³/mol. The van der Waals surface area contributed by atoms with Gasteiger partial charge in [0.2, 0.25) is 0 Å². The highest BCUT2D eigenvalue weighted by molar-refractivity contribution is 5.71. The number of esters is 2. The quantitative estimate of drug-likeness (QED) is 0.0211. The Bertz CT molecular complexity index is 2210. The van der Waals surface area contributed by atoms with Gasteiger partial charge in [-0.3, -0.25) is 9.59 Å². The zero-order valence-electron chi connectivity index (χ0n) is 62.9. The summed E-state index contributed by atoms with van der Waals surface area (Å²) < 4.78 is 23.0. The van der Waals surface area contributed by atoms with Gasteiger partial charge >= 0.3 is 17.9 Å². The minimum atomic E-state index is -1.53. The Labute approximate surface area is 597 Å². The van der Waals surface area contributed by atoms with E-state index in [0.717, 1.165) is 122 Å². The van der Waals surface area contributed by atoms with E-state index in [2.05, 4.69) is 184 Å². The van der Waals surface area contributed by atoms with Crippen LogP contribution >= 0.6 is 0 Å². The van der Waals surface area contributed by atoms with Crippen molar-refractivity contribution in [1.29, 1.82) is 0 Å². The first-order valence-corrected chi connectivity index (χ1v) is 39.3. The topological polar surface area (TPSA) is 108 Å². The molecule has 0 aromatic rings. The lowest BCUT2D eigenvalue weighted by Gasteiger charge is -2.25. The van der Waals surface area contributed by atoms with Gasteiger partial charge in [0.1, 0.15) is 13.2 Å². The number of hydrogen-bond donors (Lipinski definition) is 1. The summed E-state index contributed by atoms with van der Waals surface area (Å²) in [6, 6.07) is 0. The molecule has 0 bridgehead atoms. The molecule has 0 aliphatic rings. The highest BCUT2D eigenvalue weighted by Gasteiger charge is 2.25. The number of carbonyl (C=O) groups is 3. The second kappa shape index (κ2) is 76.4. The fraction of sp³-hybridized carbons (Fsp3) is 0.648. The zero-order valence-corrected chi connectivity index (χ0v) is 62.9. The number of likely N-dealkylation sites (N-methyl/N-ethyl adjacent to an activating group) is 1. The summed E-state index contributed by atoms with van der Waals surface area (Å²) >= 11 is 0. The molecule has 0 radical (unpaired) electrons. The van der Waals surface area contributed by atoms with E-state index in [9.17, 15) is 19.5 Å². The summed E-state index contributed by atoms with van der Waals surface area (Å²) in [5, 5.41) is 9.77. The molecule has 0 rings (SSSR count). The molecule has 9 nitrogen and oxygen atoms in total. The molecule has 0 aromatic heterocycles. The molecule has 0 fully saturated rings. The third-order valence-corrected chi connectivity index (χ3v) is 16.5. The molecule has 0 spiro atoms. The normalized spacial score (nSPS) is 13.6. The smallest absolute Gasteiger partial charge is 0.361 e. The summed E-state index contributed by atoms with van der Waals surface area (Å²) in [4.78, 5) is 37.7. The summed E-state index contributed by atoms with van der Waals surface area (Å²) in [5.74, 6) is -2.07. The SMILES string of the molecule is CC/C=C\C/C=C\C/C=C\C/C=C\C/C=C\C/C=C\C/C=C\C/C=C\C/C=C\C/C=C\CCCCC(=O)OC(COC(=O)CCCCCCCCCCCCCCCCCCCCCCCCCCCC/C=C\C/C=C\C/C=C\C/C=C\CC)COC(OCC[N+](C)(C)C)C(=O)O. The van der Waals surface area contributed by atoms with E-state index in [4.69, 9.17) is 18.9 Å². The number of rotatable bonds is 71. The number of allylic oxidation sites excluding steroid dienone is 28. The minimum Gasteiger partial charge on any atom is -0.477 e. The maximum atomic E-state index is 13.0. The van der Waals surface area contributed by atoms with Crippen molar-refractivity contribution in [1.82, 2.24) is 0 Å². The summed E-state index contributed by atoms with van der Waals surface area (Å²) in [6.45, 7) is 4.61. The van der Waals surface area contributed by atoms with Gasteiger partial charge in [-0.05, 0) is 128 Å². The third-order valence-electron chi connectivity index (χ3n) is 16.5. The van der Waals surface area contributed by atoms with Gasteiger partial charge in [0.15, 0.2) is 6.10 Å². The maximum Gasteiger partial charge on any atom is 0.361 e. The minimum absolute atomic E-state index is 0.172. The lowest BCUT2D eigenvalue weighted by atomic mass is 10.0. The first-order chi connectivity index (χ1) is 47.6. The molecule has 0 amide bonds. The van der Waals surface area contributed by atoms with Crippen molar-refractivity contribution in [2.24, 2.45) is 0 Å². The number of quaternary nitrogens is 1. The number of nitrogens with zero attached hydrogens (tertiary/aromatic N) is 1. The number of ether oxygens (including phenoxy) is 4. The van der Waals surface area contributed by atoms with Gasteiger partial charge in [-0.15, -0.1) is 0 Å². The Morgan fingerprint density at radius 2 is 0.557 bits per heavy atom. The molecule has 0 aliphatic heterocycles. The van der Waals surface area contributed by atoms with Crippen LogP contribution in [0.25, 0.3) is 0 Å². The highest BCUT2D eigenvalue weighted by Crippen LogP contribution is 2.18. The van der Waals surface area contributed by atoms with Crippen molar-refractivity contribution in [3.63, 3.8) is 0 Å². The number of aliphatic carboxylic acids is 1. The van der Waals surface area contributed by atoms with Crippen LogP contribution < -0.4 is 0 Å². The number of unbranched alkanes of at least 4 members (excludes halogenated alkanes) is 28. The lowest BCUT2D eigenvalue weighted by molar-refractivity contribution is -0.870. The van der Waals surface area contributed by atoms with Crippen molar-refractivity contribution in [3.05, 3.63) is 170 Å². The zero-order chi connectivity index (χ0) is 70.4.